The van der Waals surface area contributed by atoms with Gasteiger partial charge in [0.2, 0.25) is 0 Å². The molecular formula is C54H90O6. The Morgan fingerprint density at radius 2 is 0.683 bits per heavy atom. The zero-order chi connectivity index (χ0) is 43.7. The Hall–Kier alpha value is -3.41. The number of hydrogen-bond donors (Lipinski definition) is 0. The molecule has 0 rings (SSSR count). The van der Waals surface area contributed by atoms with Crippen molar-refractivity contribution in [1.29, 1.82) is 0 Å². The number of hydrogen-bond acceptors (Lipinski definition) is 6. The minimum Gasteiger partial charge on any atom is -0.462 e. The summed E-state index contributed by atoms with van der Waals surface area (Å²) in [6, 6.07) is 0. The molecule has 0 aromatic carbocycles. The Labute approximate surface area is 369 Å². The van der Waals surface area contributed by atoms with Crippen molar-refractivity contribution >= 4 is 17.9 Å². The van der Waals surface area contributed by atoms with Gasteiger partial charge in [-0.05, 0) is 103 Å². The zero-order valence-electron chi connectivity index (χ0n) is 38.9. The highest BCUT2D eigenvalue weighted by Gasteiger charge is 2.19. The molecule has 1 atom stereocenters. The van der Waals surface area contributed by atoms with Gasteiger partial charge in [-0.2, -0.15) is 0 Å². The van der Waals surface area contributed by atoms with Crippen LogP contribution in [0.3, 0.4) is 0 Å². The maximum absolute atomic E-state index is 12.8. The highest BCUT2D eigenvalue weighted by Crippen LogP contribution is 2.12. The van der Waals surface area contributed by atoms with Gasteiger partial charge in [-0.25, -0.2) is 0 Å². The molecule has 0 aromatic rings. The van der Waals surface area contributed by atoms with Crippen molar-refractivity contribution in [2.45, 2.75) is 226 Å². The van der Waals surface area contributed by atoms with E-state index in [4.69, 9.17) is 14.2 Å². The van der Waals surface area contributed by atoms with Crippen LogP contribution >= 0.6 is 0 Å². The Bertz CT molecular complexity index is 1190. The van der Waals surface area contributed by atoms with Crippen LogP contribution in [-0.2, 0) is 28.6 Å². The standard InChI is InChI=1S/C54H90O6/c1-4-7-10-13-16-19-22-25-27-28-30-32-35-38-41-44-47-53(56)59-50-51(49-58-52(55)46-43-40-37-34-31-24-21-18-15-12-9-6-3)60-54(57)48-45-42-39-36-33-29-26-23-20-17-14-11-8-5-2/h7,10,16,18-19,21,25,27,29-30,32-33,38,41,51H,4-6,8-9,11-15,17,20,22-24,26,28,31,34-37,39-40,42-50H2,1-3H3/b10-7-,19-16-,21-18-,27-25-,32-30-,33-29-,41-38-. The lowest BCUT2D eigenvalue weighted by atomic mass is 10.1. The van der Waals surface area contributed by atoms with Crippen LogP contribution in [0.25, 0.3) is 0 Å². The summed E-state index contributed by atoms with van der Waals surface area (Å²) < 4.78 is 16.7. The van der Waals surface area contributed by atoms with Crippen LogP contribution < -0.4 is 0 Å². The number of carbonyl (C=O) groups is 3. The Kier molecular flexibility index (Phi) is 45.5. The molecular weight excluding hydrogens is 745 g/mol. The van der Waals surface area contributed by atoms with Gasteiger partial charge in [0.25, 0.3) is 0 Å². The van der Waals surface area contributed by atoms with Gasteiger partial charge < -0.3 is 14.2 Å². The van der Waals surface area contributed by atoms with E-state index in [2.05, 4.69) is 93.7 Å². The van der Waals surface area contributed by atoms with Crippen LogP contribution in [0.2, 0.25) is 0 Å². The van der Waals surface area contributed by atoms with Crippen LogP contribution in [0.4, 0.5) is 0 Å². The summed E-state index contributed by atoms with van der Waals surface area (Å²) in [6.45, 7) is 6.39. The highest BCUT2D eigenvalue weighted by atomic mass is 16.6. The van der Waals surface area contributed by atoms with Gasteiger partial charge >= 0.3 is 17.9 Å². The van der Waals surface area contributed by atoms with Crippen molar-refractivity contribution in [1.82, 2.24) is 0 Å². The van der Waals surface area contributed by atoms with Crippen molar-refractivity contribution in [2.75, 3.05) is 13.2 Å². The Morgan fingerprint density at radius 1 is 0.350 bits per heavy atom. The third kappa shape index (κ3) is 45.7. The van der Waals surface area contributed by atoms with Crippen LogP contribution in [0.15, 0.2) is 85.1 Å². The van der Waals surface area contributed by atoms with Gasteiger partial charge in [-0.1, -0.05) is 183 Å². The molecule has 0 fully saturated rings. The molecule has 0 aliphatic carbocycles. The zero-order valence-corrected chi connectivity index (χ0v) is 38.9. The molecule has 0 radical (unpaired) electrons. The second kappa shape index (κ2) is 48.3. The van der Waals surface area contributed by atoms with Crippen LogP contribution in [0.5, 0.6) is 0 Å². The molecule has 0 aliphatic rings. The van der Waals surface area contributed by atoms with Crippen LogP contribution in [-0.4, -0.2) is 37.2 Å². The monoisotopic (exact) mass is 835 g/mol. The summed E-state index contributed by atoms with van der Waals surface area (Å²) in [6.07, 6.45) is 61.5. The van der Waals surface area contributed by atoms with Crippen molar-refractivity contribution in [3.63, 3.8) is 0 Å². The molecule has 0 heterocycles. The maximum atomic E-state index is 12.8. The van der Waals surface area contributed by atoms with Crippen molar-refractivity contribution in [3.8, 4) is 0 Å². The van der Waals surface area contributed by atoms with Gasteiger partial charge in [-0.15, -0.1) is 0 Å². The molecule has 1 unspecified atom stereocenters. The SMILES string of the molecule is CC/C=C\C/C=C\C/C=C\C/C=C\C/C=C\CCC(=O)OCC(COC(=O)CCCCCCC/C=C\CCCCC)OC(=O)CCCCC/C=C\CCCCCCCCC. The third-order valence-corrected chi connectivity index (χ3v) is 10.1. The van der Waals surface area contributed by atoms with E-state index in [0.29, 0.717) is 19.3 Å². The number of esters is 3. The first kappa shape index (κ1) is 56.6. The second-order valence-corrected chi connectivity index (χ2v) is 16.0. The van der Waals surface area contributed by atoms with E-state index in [1.165, 1.54) is 77.0 Å². The summed E-state index contributed by atoms with van der Waals surface area (Å²) in [5.41, 5.74) is 0. The van der Waals surface area contributed by atoms with E-state index in [0.717, 1.165) is 96.3 Å². The maximum Gasteiger partial charge on any atom is 0.306 e. The predicted molar refractivity (Wildman–Crippen MR) is 256 cm³/mol. The van der Waals surface area contributed by atoms with E-state index < -0.39 is 6.10 Å². The number of rotatable bonds is 43. The first-order valence-electron chi connectivity index (χ1n) is 24.6. The molecule has 60 heavy (non-hydrogen) atoms. The lowest BCUT2D eigenvalue weighted by Gasteiger charge is -2.18. The fraction of sp³-hybridized carbons (Fsp3) is 0.685. The first-order chi connectivity index (χ1) is 29.5. The molecule has 0 saturated heterocycles. The topological polar surface area (TPSA) is 78.9 Å². The van der Waals surface area contributed by atoms with Crippen molar-refractivity contribution < 1.29 is 28.6 Å². The lowest BCUT2D eigenvalue weighted by molar-refractivity contribution is -0.166. The van der Waals surface area contributed by atoms with Gasteiger partial charge in [-0.3, -0.25) is 14.4 Å². The summed E-state index contributed by atoms with van der Waals surface area (Å²) in [5, 5.41) is 0. The van der Waals surface area contributed by atoms with Gasteiger partial charge in [0.05, 0.1) is 0 Å². The third-order valence-electron chi connectivity index (χ3n) is 10.1. The number of unbranched alkanes of at least 4 members (excludes halogenated alkanes) is 18. The minimum atomic E-state index is -0.816. The molecule has 0 bridgehead atoms. The van der Waals surface area contributed by atoms with Gasteiger partial charge in [0, 0.05) is 19.3 Å². The summed E-state index contributed by atoms with van der Waals surface area (Å²) in [4.78, 5) is 37.8. The van der Waals surface area contributed by atoms with Gasteiger partial charge in [0.15, 0.2) is 6.10 Å². The Morgan fingerprint density at radius 3 is 1.17 bits per heavy atom. The highest BCUT2D eigenvalue weighted by molar-refractivity contribution is 5.71. The summed E-state index contributed by atoms with van der Waals surface area (Å²) >= 11 is 0. The average molecular weight is 835 g/mol. The molecule has 0 saturated carbocycles. The molecule has 6 nitrogen and oxygen atoms in total. The van der Waals surface area contributed by atoms with Crippen LogP contribution in [0.1, 0.15) is 220 Å². The molecule has 0 spiro atoms. The van der Waals surface area contributed by atoms with E-state index in [-0.39, 0.29) is 37.5 Å². The molecule has 0 amide bonds. The summed E-state index contributed by atoms with van der Waals surface area (Å²) in [5.74, 6) is -1.03. The second-order valence-electron chi connectivity index (χ2n) is 16.0. The number of carbonyl (C=O) groups excluding carboxylic acids is 3. The largest absolute Gasteiger partial charge is 0.462 e. The van der Waals surface area contributed by atoms with Gasteiger partial charge in [0.1, 0.15) is 13.2 Å². The van der Waals surface area contributed by atoms with E-state index in [1.807, 2.05) is 12.2 Å². The molecule has 342 valence electrons. The Balaban J connectivity index is 4.53. The van der Waals surface area contributed by atoms with E-state index in [9.17, 15) is 14.4 Å². The lowest BCUT2D eigenvalue weighted by Crippen LogP contribution is -2.30. The minimum absolute atomic E-state index is 0.110. The smallest absolute Gasteiger partial charge is 0.306 e. The van der Waals surface area contributed by atoms with Crippen LogP contribution in [0, 0.1) is 0 Å². The number of ether oxygens (including phenoxy) is 3. The average Bonchev–Trinajstić information content (AvgIpc) is 3.24. The summed E-state index contributed by atoms with van der Waals surface area (Å²) in [7, 11) is 0. The predicted octanol–water partition coefficient (Wildman–Crippen LogP) is 16.0. The first-order valence-corrected chi connectivity index (χ1v) is 24.6. The van der Waals surface area contributed by atoms with Crippen molar-refractivity contribution in [3.05, 3.63) is 85.1 Å². The van der Waals surface area contributed by atoms with Crippen molar-refractivity contribution in [2.24, 2.45) is 0 Å². The molecule has 0 aliphatic heterocycles. The molecule has 0 aromatic heterocycles. The fourth-order valence-corrected chi connectivity index (χ4v) is 6.42. The quantitative estimate of drug-likeness (QED) is 0.0263. The molecule has 0 N–H and O–H groups in total. The number of allylic oxidation sites excluding steroid dienone is 14. The van der Waals surface area contributed by atoms with E-state index >= 15 is 0 Å². The van der Waals surface area contributed by atoms with E-state index in [1.54, 1.807) is 0 Å². The molecule has 6 heteroatoms. The normalized spacial score (nSPS) is 12.8. The fourth-order valence-electron chi connectivity index (χ4n) is 6.42.